The molecule has 0 saturated carbocycles. The molecular formula is C32H34F2N2O6. The van der Waals surface area contributed by atoms with Gasteiger partial charge >= 0.3 is 12.1 Å². The van der Waals surface area contributed by atoms with Crippen LogP contribution < -0.4 is 14.8 Å². The first kappa shape index (κ1) is 30.5. The van der Waals surface area contributed by atoms with Gasteiger partial charge in [-0.3, -0.25) is 14.4 Å². The van der Waals surface area contributed by atoms with Crippen molar-refractivity contribution in [3.05, 3.63) is 78.4 Å². The molecule has 1 aliphatic heterocycles. The Balaban J connectivity index is 1.34. The summed E-state index contributed by atoms with van der Waals surface area (Å²) in [6.45, 7) is 3.77. The van der Waals surface area contributed by atoms with E-state index in [0.717, 1.165) is 0 Å². The third-order valence-electron chi connectivity index (χ3n) is 6.67. The Hall–Kier alpha value is -4.47. The van der Waals surface area contributed by atoms with Gasteiger partial charge in [-0.1, -0.05) is 36.4 Å². The van der Waals surface area contributed by atoms with E-state index in [0.29, 0.717) is 67.6 Å². The fourth-order valence-corrected chi connectivity index (χ4v) is 4.70. The van der Waals surface area contributed by atoms with Crippen LogP contribution in [-0.4, -0.2) is 54.6 Å². The van der Waals surface area contributed by atoms with Crippen molar-refractivity contribution < 1.29 is 37.4 Å². The van der Waals surface area contributed by atoms with Crippen molar-refractivity contribution in [2.45, 2.75) is 51.7 Å². The van der Waals surface area contributed by atoms with Gasteiger partial charge < -0.3 is 24.4 Å². The third-order valence-corrected chi connectivity index (χ3v) is 6.67. The number of hydrogen-bond donors (Lipinski definition) is 1. The number of benzene rings is 3. The van der Waals surface area contributed by atoms with Crippen LogP contribution in [0, 0.1) is 0 Å². The van der Waals surface area contributed by atoms with Crippen LogP contribution in [-0.2, 0) is 14.3 Å². The van der Waals surface area contributed by atoms with Crippen molar-refractivity contribution in [1.82, 2.24) is 4.90 Å². The van der Waals surface area contributed by atoms with Gasteiger partial charge in [-0.05, 0) is 48.4 Å². The number of halogens is 2. The van der Waals surface area contributed by atoms with Crippen LogP contribution in [0.2, 0.25) is 0 Å². The summed E-state index contributed by atoms with van der Waals surface area (Å²) in [5.74, 6) is -0.158. The van der Waals surface area contributed by atoms with E-state index in [-0.39, 0.29) is 42.5 Å². The van der Waals surface area contributed by atoms with E-state index in [1.807, 2.05) is 6.07 Å². The van der Waals surface area contributed by atoms with Crippen molar-refractivity contribution in [3.8, 4) is 22.6 Å². The zero-order chi connectivity index (χ0) is 30.1. The van der Waals surface area contributed by atoms with Crippen molar-refractivity contribution in [3.63, 3.8) is 0 Å². The van der Waals surface area contributed by atoms with Crippen LogP contribution >= 0.6 is 0 Å². The molecule has 1 aliphatic rings. The van der Waals surface area contributed by atoms with Gasteiger partial charge in [-0.25, -0.2) is 0 Å². The van der Waals surface area contributed by atoms with E-state index < -0.39 is 6.11 Å². The van der Waals surface area contributed by atoms with Crippen molar-refractivity contribution in [2.75, 3.05) is 25.0 Å². The molecule has 8 nitrogen and oxygen atoms in total. The zero-order valence-electron chi connectivity index (χ0n) is 23.6. The van der Waals surface area contributed by atoms with Crippen molar-refractivity contribution in [1.29, 1.82) is 0 Å². The number of nitrogens with zero attached hydrogens (tertiary/aromatic N) is 1. The molecule has 1 fully saturated rings. The summed E-state index contributed by atoms with van der Waals surface area (Å²) in [4.78, 5) is 38.9. The summed E-state index contributed by atoms with van der Waals surface area (Å²) in [5.41, 5.74) is 2.28. The fraction of sp³-hybridized carbons (Fsp3) is 0.344. The molecule has 42 heavy (non-hydrogen) atoms. The predicted octanol–water partition coefficient (Wildman–Crippen LogP) is 6.31. The first-order valence-corrected chi connectivity index (χ1v) is 13.9. The van der Waals surface area contributed by atoms with E-state index in [1.165, 1.54) is 12.1 Å². The first-order valence-electron chi connectivity index (χ1n) is 13.9. The summed E-state index contributed by atoms with van der Waals surface area (Å²) in [6, 6.07) is 20.2. The molecular weight excluding hydrogens is 546 g/mol. The highest BCUT2D eigenvalue weighted by Crippen LogP contribution is 2.29. The highest BCUT2D eigenvalue weighted by atomic mass is 19.3. The average molecular weight is 581 g/mol. The van der Waals surface area contributed by atoms with Gasteiger partial charge in [0.25, 0.3) is 5.91 Å². The van der Waals surface area contributed by atoms with E-state index in [4.69, 9.17) is 9.47 Å². The highest BCUT2D eigenvalue weighted by molar-refractivity contribution is 6.08. The molecule has 0 atom stereocenters. The average Bonchev–Trinajstić information content (AvgIpc) is 2.96. The number of piperidine rings is 1. The number of carbonyl (C=O) groups excluding carboxylic acids is 3. The maximum Gasteiger partial charge on any atom is 0.394 e. The Morgan fingerprint density at radius 3 is 2.33 bits per heavy atom. The summed E-state index contributed by atoms with van der Waals surface area (Å²) in [7, 11) is 0. The Bertz CT molecular complexity index is 1380. The van der Waals surface area contributed by atoms with Crippen LogP contribution in [0.5, 0.6) is 11.5 Å². The Morgan fingerprint density at radius 2 is 1.64 bits per heavy atom. The van der Waals surface area contributed by atoms with Crippen LogP contribution in [0.4, 0.5) is 14.5 Å². The van der Waals surface area contributed by atoms with Crippen molar-refractivity contribution in [2.24, 2.45) is 0 Å². The molecule has 10 heteroatoms. The number of nitrogens with one attached hydrogen (secondary N) is 1. The largest absolute Gasteiger partial charge is 0.490 e. The molecule has 3 aromatic carbocycles. The topological polar surface area (TPSA) is 94.2 Å². The Labute approximate surface area is 243 Å². The van der Waals surface area contributed by atoms with E-state index in [9.17, 15) is 23.2 Å². The van der Waals surface area contributed by atoms with Gasteiger partial charge in [-0.2, -0.15) is 8.78 Å². The maximum atomic E-state index is 13.3. The first-order chi connectivity index (χ1) is 20.1. The van der Waals surface area contributed by atoms with Crippen LogP contribution in [0.15, 0.2) is 72.8 Å². The van der Waals surface area contributed by atoms with Gasteiger partial charge in [-0.15, -0.1) is 0 Å². The lowest BCUT2D eigenvalue weighted by molar-refractivity contribution is -0.159. The number of ether oxygens (including phenoxy) is 3. The normalized spacial score (nSPS) is 13.8. The molecule has 0 aromatic heterocycles. The number of hydrogen-bond acceptors (Lipinski definition) is 6. The molecule has 1 N–H and O–H groups in total. The molecule has 3 aromatic rings. The zero-order valence-corrected chi connectivity index (χ0v) is 23.6. The van der Waals surface area contributed by atoms with Gasteiger partial charge in [0.1, 0.15) is 17.6 Å². The molecule has 0 unspecified atom stereocenters. The molecule has 1 heterocycles. The van der Waals surface area contributed by atoms with E-state index in [2.05, 4.69) is 10.1 Å². The SMILES string of the molecule is CCOC(=O)CCC(=O)N1CCC(Oc2cccc(NC(=O)c3ccccc3-c3ccc(OC(C)(F)F)cc3)c2)CC1. The van der Waals surface area contributed by atoms with Crippen LogP contribution in [0.3, 0.4) is 0 Å². The fourth-order valence-electron chi connectivity index (χ4n) is 4.70. The second-order valence-electron chi connectivity index (χ2n) is 9.96. The Kier molecular flexibility index (Phi) is 10.1. The van der Waals surface area contributed by atoms with Gasteiger partial charge in [0.2, 0.25) is 5.91 Å². The maximum absolute atomic E-state index is 13.3. The van der Waals surface area contributed by atoms with E-state index in [1.54, 1.807) is 66.4 Å². The Morgan fingerprint density at radius 1 is 0.929 bits per heavy atom. The third kappa shape index (κ3) is 8.76. The lowest BCUT2D eigenvalue weighted by atomic mass is 9.99. The van der Waals surface area contributed by atoms with Crippen molar-refractivity contribution >= 4 is 23.5 Å². The number of alkyl halides is 2. The van der Waals surface area contributed by atoms with Gasteiger partial charge in [0.15, 0.2) is 0 Å². The number of likely N-dealkylation sites (tertiary alicyclic amines) is 1. The molecule has 0 aliphatic carbocycles. The minimum absolute atomic E-state index is 0.0243. The minimum atomic E-state index is -3.29. The second-order valence-corrected chi connectivity index (χ2v) is 9.96. The minimum Gasteiger partial charge on any atom is -0.490 e. The van der Waals surface area contributed by atoms with Crippen LogP contribution in [0.1, 0.15) is 49.9 Å². The number of esters is 1. The second kappa shape index (κ2) is 13.9. The van der Waals surface area contributed by atoms with Gasteiger partial charge in [0, 0.05) is 56.6 Å². The number of anilines is 1. The summed E-state index contributed by atoms with van der Waals surface area (Å²) >= 11 is 0. The molecule has 0 spiro atoms. The summed E-state index contributed by atoms with van der Waals surface area (Å²) in [5, 5.41) is 2.91. The quantitative estimate of drug-likeness (QED) is 0.267. The lowest BCUT2D eigenvalue weighted by Gasteiger charge is -2.32. The molecule has 0 bridgehead atoms. The molecule has 4 rings (SSSR count). The summed E-state index contributed by atoms with van der Waals surface area (Å²) in [6.07, 6.45) is -1.88. The lowest BCUT2D eigenvalue weighted by Crippen LogP contribution is -2.41. The van der Waals surface area contributed by atoms with Gasteiger partial charge in [0.05, 0.1) is 13.0 Å². The smallest absolute Gasteiger partial charge is 0.394 e. The molecule has 222 valence electrons. The summed E-state index contributed by atoms with van der Waals surface area (Å²) < 4.78 is 42.0. The molecule has 0 radical (unpaired) electrons. The monoisotopic (exact) mass is 580 g/mol. The molecule has 2 amide bonds. The number of carbonyl (C=O) groups is 3. The predicted molar refractivity (Wildman–Crippen MR) is 154 cm³/mol. The number of amides is 2. The van der Waals surface area contributed by atoms with Crippen LogP contribution in [0.25, 0.3) is 11.1 Å². The molecule has 1 saturated heterocycles. The highest BCUT2D eigenvalue weighted by Gasteiger charge is 2.25. The van der Waals surface area contributed by atoms with E-state index >= 15 is 0 Å². The number of rotatable bonds is 11. The standard InChI is InChI=1S/C32H34F2N2O6/c1-3-40-30(38)16-15-29(37)36-19-17-24(18-20-36)41-26-8-6-7-23(21-26)35-31(39)28-10-5-4-9-27(28)22-11-13-25(14-12-22)42-32(2,33)34/h4-14,21,24H,3,15-20H2,1-2H3,(H,35,39).